The van der Waals surface area contributed by atoms with Gasteiger partial charge in [0.1, 0.15) is 0 Å². The van der Waals surface area contributed by atoms with Gasteiger partial charge in [0.25, 0.3) is 5.91 Å². The number of hydrogen-bond acceptors (Lipinski definition) is 6. The topological polar surface area (TPSA) is 143 Å². The van der Waals surface area contributed by atoms with E-state index in [9.17, 15) is 4.79 Å². The summed E-state index contributed by atoms with van der Waals surface area (Å²) in [5, 5.41) is 19.0. The van der Waals surface area contributed by atoms with Crippen LogP contribution in [0.4, 0.5) is 5.69 Å². The van der Waals surface area contributed by atoms with E-state index < -0.39 is 17.7 Å². The van der Waals surface area contributed by atoms with Crippen LogP contribution in [-0.2, 0) is 19.2 Å². The predicted octanol–water partition coefficient (Wildman–Crippen LogP) is 5.45. The van der Waals surface area contributed by atoms with Gasteiger partial charge in [0.2, 0.25) is 0 Å². The molecule has 1 atom stereocenters. The van der Waals surface area contributed by atoms with Crippen molar-refractivity contribution in [3.8, 4) is 0 Å². The van der Waals surface area contributed by atoms with Gasteiger partial charge in [-0.3, -0.25) is 15.4 Å². The van der Waals surface area contributed by atoms with E-state index in [1.807, 2.05) is 87.2 Å². The number of β-lactam (4-membered cyclic amide) rings is 1. The summed E-state index contributed by atoms with van der Waals surface area (Å²) in [7, 11) is 0. The molecule has 39 heavy (non-hydrogen) atoms. The van der Waals surface area contributed by atoms with Gasteiger partial charge < -0.3 is 15.1 Å². The molecule has 1 unspecified atom stereocenters. The van der Waals surface area contributed by atoms with Crippen LogP contribution in [0.5, 0.6) is 0 Å². The Morgan fingerprint density at radius 3 is 2.03 bits per heavy atom. The van der Waals surface area contributed by atoms with Crippen molar-refractivity contribution in [1.29, 1.82) is 0 Å². The number of benzene rings is 2. The van der Waals surface area contributed by atoms with Crippen LogP contribution >= 0.6 is 0 Å². The van der Waals surface area contributed by atoms with Gasteiger partial charge in [-0.05, 0) is 43.0 Å². The molecular weight excluding hydrogens is 498 g/mol. The molecule has 2 aliphatic rings. The minimum absolute atomic E-state index is 0.0207. The monoisotopic (exact) mass is 537 g/mol. The van der Waals surface area contributed by atoms with E-state index in [-0.39, 0.29) is 11.9 Å². The fraction of sp³-hybridized carbons (Fsp3) is 0.400. The predicted molar refractivity (Wildman–Crippen MR) is 151 cm³/mol. The third-order valence-electron chi connectivity index (χ3n) is 6.49. The number of amides is 1. The van der Waals surface area contributed by atoms with Gasteiger partial charge in [0.05, 0.1) is 11.8 Å². The minimum atomic E-state index is -1.82. The molecule has 2 aromatic rings. The number of carboxylic acids is 2. The Morgan fingerprint density at radius 1 is 1.05 bits per heavy atom. The average Bonchev–Trinajstić information content (AvgIpc) is 3.72. The molecule has 1 aliphatic carbocycles. The number of aryl methyl sites for hydroxylation is 1. The van der Waals surface area contributed by atoms with Crippen LogP contribution in [0, 0.1) is 12.8 Å². The highest BCUT2D eigenvalue weighted by molar-refractivity contribution is 6.27. The number of carbonyl (C=O) groups is 3. The first-order valence-corrected chi connectivity index (χ1v) is 13.1. The first-order valence-electron chi connectivity index (χ1n) is 13.1. The van der Waals surface area contributed by atoms with Crippen LogP contribution in [0.1, 0.15) is 70.5 Å². The van der Waals surface area contributed by atoms with Crippen LogP contribution in [0.25, 0.3) is 0 Å². The van der Waals surface area contributed by atoms with Gasteiger partial charge >= 0.3 is 11.9 Å². The van der Waals surface area contributed by atoms with E-state index >= 15 is 0 Å². The second-order valence-corrected chi connectivity index (χ2v) is 9.76. The molecule has 9 nitrogen and oxygen atoms in total. The summed E-state index contributed by atoms with van der Waals surface area (Å²) in [5.74, 6) is -2.59. The number of carbonyl (C=O) groups excluding carboxylic acids is 1. The lowest BCUT2D eigenvalue weighted by Gasteiger charge is -2.43. The lowest BCUT2D eigenvalue weighted by Crippen LogP contribution is -2.49. The minimum Gasteiger partial charge on any atom is -0.473 e. The molecule has 1 amide bonds. The third kappa shape index (κ3) is 9.07. The molecule has 4 rings (SSSR count). The number of anilines is 1. The normalized spacial score (nSPS) is 17.7. The third-order valence-corrected chi connectivity index (χ3v) is 6.49. The van der Waals surface area contributed by atoms with E-state index in [0.717, 1.165) is 22.7 Å². The molecule has 2 fully saturated rings. The molecular formula is C30H39N3O6. The molecule has 0 spiro atoms. The van der Waals surface area contributed by atoms with Crippen LogP contribution in [0.15, 0.2) is 71.4 Å². The van der Waals surface area contributed by atoms with E-state index in [1.54, 1.807) is 6.08 Å². The van der Waals surface area contributed by atoms with E-state index in [0.29, 0.717) is 24.1 Å². The van der Waals surface area contributed by atoms with Crippen molar-refractivity contribution in [1.82, 2.24) is 0 Å². The lowest BCUT2D eigenvalue weighted by molar-refractivity contribution is -0.159. The maximum Gasteiger partial charge on any atom is 0.414 e. The highest BCUT2D eigenvalue weighted by Crippen LogP contribution is 2.44. The first-order chi connectivity index (χ1) is 18.4. The zero-order valence-electron chi connectivity index (χ0n) is 23.3. The van der Waals surface area contributed by atoms with Crippen LogP contribution < -0.4 is 10.6 Å². The van der Waals surface area contributed by atoms with E-state index in [4.69, 9.17) is 30.4 Å². The number of allylic oxidation sites excluding steroid dienone is 1. The molecule has 0 bridgehead atoms. The largest absolute Gasteiger partial charge is 0.473 e. The smallest absolute Gasteiger partial charge is 0.414 e. The van der Waals surface area contributed by atoms with Gasteiger partial charge in [0, 0.05) is 24.1 Å². The van der Waals surface area contributed by atoms with Crippen molar-refractivity contribution in [2.45, 2.75) is 72.1 Å². The molecule has 210 valence electrons. The molecule has 1 saturated carbocycles. The molecule has 1 saturated heterocycles. The van der Waals surface area contributed by atoms with Gasteiger partial charge in [-0.25, -0.2) is 9.59 Å². The van der Waals surface area contributed by atoms with Crippen molar-refractivity contribution < 1.29 is 29.4 Å². The van der Waals surface area contributed by atoms with Gasteiger partial charge in [-0.15, -0.1) is 0 Å². The second kappa shape index (κ2) is 14.2. The number of para-hydroxylation sites is 1. The van der Waals surface area contributed by atoms with Crippen molar-refractivity contribution in [2.75, 3.05) is 4.90 Å². The average molecular weight is 538 g/mol. The van der Waals surface area contributed by atoms with Crippen molar-refractivity contribution in [3.05, 3.63) is 77.4 Å². The Balaban J connectivity index is 0.000000449. The van der Waals surface area contributed by atoms with Crippen LogP contribution in [-0.4, -0.2) is 39.5 Å². The lowest BCUT2D eigenvalue weighted by atomic mass is 9.86. The number of hydrogen-bond donors (Lipinski definition) is 3. The van der Waals surface area contributed by atoms with Gasteiger partial charge in [-0.2, -0.15) is 0 Å². The highest BCUT2D eigenvalue weighted by atomic mass is 16.7. The summed E-state index contributed by atoms with van der Waals surface area (Å²) in [5.41, 5.74) is 9.74. The Bertz CT molecular complexity index is 1190. The number of carboxylic acid groups (broad SMARTS) is 2. The number of aliphatic carboxylic acids is 2. The fourth-order valence-corrected chi connectivity index (χ4v) is 3.59. The van der Waals surface area contributed by atoms with Crippen LogP contribution in [0.2, 0.25) is 0 Å². The summed E-state index contributed by atoms with van der Waals surface area (Å²) in [6.45, 7) is 10.1. The highest BCUT2D eigenvalue weighted by Gasteiger charge is 2.44. The van der Waals surface area contributed by atoms with Crippen molar-refractivity contribution in [3.63, 3.8) is 0 Å². The molecule has 9 heteroatoms. The summed E-state index contributed by atoms with van der Waals surface area (Å²) in [6.07, 6.45) is 6.09. The van der Waals surface area contributed by atoms with Crippen molar-refractivity contribution in [2.24, 2.45) is 16.8 Å². The summed E-state index contributed by atoms with van der Waals surface area (Å²) in [4.78, 5) is 38.7. The quantitative estimate of drug-likeness (QED) is 0.106. The number of nitrogens with zero attached hydrogens (tertiary/aromatic N) is 2. The molecule has 4 N–H and O–H groups in total. The van der Waals surface area contributed by atoms with E-state index in [2.05, 4.69) is 12.1 Å². The maximum absolute atomic E-state index is 13.1. The Morgan fingerprint density at radius 2 is 1.56 bits per heavy atom. The fourth-order valence-electron chi connectivity index (χ4n) is 3.59. The summed E-state index contributed by atoms with van der Waals surface area (Å²) >= 11 is 0. The zero-order chi connectivity index (χ0) is 29.2. The molecule has 1 heterocycles. The maximum atomic E-state index is 13.1. The summed E-state index contributed by atoms with van der Waals surface area (Å²) < 4.78 is 0. The molecule has 0 radical (unpaired) electrons. The number of oxime groups is 1. The summed E-state index contributed by atoms with van der Waals surface area (Å²) in [6, 6.07) is 17.8. The van der Waals surface area contributed by atoms with E-state index in [1.165, 1.54) is 12.8 Å². The van der Waals surface area contributed by atoms with Gasteiger partial charge in [0.15, 0.2) is 5.72 Å². The number of rotatable bonds is 7. The molecule has 1 aliphatic heterocycles. The molecule has 2 aromatic carbocycles. The SMILES string of the molecule is CC1CC1.CCC(N)(CC)ON=C(C)C=C1C(=O)N(c2ccccc2C)C1c1ccccc1.O=C(O)C(=O)O. The Kier molecular flexibility index (Phi) is 11.4. The number of nitrogens with two attached hydrogens (primary N) is 1. The standard InChI is InChI=1S/C24H29N3O2.C4H8.C2H2O4/c1-5-24(25,6-2)29-26-18(4)16-20-22(19-13-8-7-9-14-19)27(23(20)28)21-15-11-10-12-17(21)3;1-4-2-3-4;3-1(4)2(5)6/h7-16,22H,5-6,25H2,1-4H3;4H,2-3H2,1H3;(H,3,4)(H,5,6). The van der Waals surface area contributed by atoms with Crippen LogP contribution in [0.3, 0.4) is 0 Å². The Hall–Kier alpha value is -3.98. The molecule has 0 aromatic heterocycles. The zero-order valence-corrected chi connectivity index (χ0v) is 23.3. The Labute approximate surface area is 230 Å². The van der Waals surface area contributed by atoms with Gasteiger partial charge in [-0.1, -0.05) is 87.3 Å². The van der Waals surface area contributed by atoms with Crippen molar-refractivity contribution >= 4 is 29.2 Å². The second-order valence-electron chi connectivity index (χ2n) is 9.76. The first kappa shape index (κ1) is 31.2.